The summed E-state index contributed by atoms with van der Waals surface area (Å²) in [7, 11) is 1.52. The first-order valence-electron chi connectivity index (χ1n) is 12.0. The number of primary amides is 1. The molecule has 3 aromatic heterocycles. The fourth-order valence-corrected chi connectivity index (χ4v) is 5.04. The molecule has 9 nitrogen and oxygen atoms in total. The molecule has 0 fully saturated rings. The van der Waals surface area contributed by atoms with Gasteiger partial charge in [-0.2, -0.15) is 0 Å². The van der Waals surface area contributed by atoms with Gasteiger partial charge in [0.1, 0.15) is 17.4 Å². The molecule has 198 valence electrons. The first kappa shape index (κ1) is 25.9. The number of ether oxygens (including phenoxy) is 2. The Labute approximate surface area is 227 Å². The van der Waals surface area contributed by atoms with Gasteiger partial charge in [0.05, 0.1) is 34.2 Å². The van der Waals surface area contributed by atoms with E-state index < -0.39 is 23.5 Å². The third kappa shape index (κ3) is 5.43. The number of imidazole rings is 1. The molecule has 0 saturated carbocycles. The molecule has 0 saturated heterocycles. The first-order valence-corrected chi connectivity index (χ1v) is 12.8. The Balaban J connectivity index is 1.38. The van der Waals surface area contributed by atoms with Crippen molar-refractivity contribution in [3.05, 3.63) is 84.7 Å². The van der Waals surface area contributed by atoms with Crippen LogP contribution in [0.2, 0.25) is 0 Å². The minimum absolute atomic E-state index is 0.0738. The second kappa shape index (κ2) is 10.9. The van der Waals surface area contributed by atoms with Crippen molar-refractivity contribution in [3.8, 4) is 27.8 Å². The van der Waals surface area contributed by atoms with Crippen LogP contribution in [-0.2, 0) is 16.1 Å². The Morgan fingerprint density at radius 3 is 2.56 bits per heavy atom. The number of hydrogen-bond donors (Lipinski definition) is 2. The van der Waals surface area contributed by atoms with E-state index in [1.54, 1.807) is 42.9 Å². The van der Waals surface area contributed by atoms with Crippen LogP contribution >= 0.6 is 11.3 Å². The molecule has 0 spiro atoms. The molecule has 3 heterocycles. The molecule has 11 heteroatoms. The van der Waals surface area contributed by atoms with Crippen LogP contribution in [0.1, 0.15) is 18.4 Å². The van der Waals surface area contributed by atoms with Gasteiger partial charge in [-0.25, -0.2) is 9.37 Å². The third-order valence-electron chi connectivity index (χ3n) is 6.04. The quantitative estimate of drug-likeness (QED) is 0.242. The number of carbonyl (C=O) groups is 2. The molecule has 0 aliphatic heterocycles. The standard InChI is InChI=1S/C28H24FN5O4S/c1-3-34-14-21(32-15-34)24-13-20-26(39-24)23(10-11-31-20)38-22-9-4-16(12-19(22)29)25(27(30)35)28(36)33-17-5-7-18(37-2)8-6-17/h4-15,25H,3H2,1-2H3,(H2,30,35)(H,33,36). The lowest BCUT2D eigenvalue weighted by atomic mass is 9.97. The Morgan fingerprint density at radius 2 is 1.90 bits per heavy atom. The number of rotatable bonds is 9. The molecule has 2 aromatic carbocycles. The van der Waals surface area contributed by atoms with E-state index in [0.717, 1.165) is 27.9 Å². The number of pyridine rings is 1. The number of anilines is 1. The van der Waals surface area contributed by atoms with Crippen LogP contribution in [0.3, 0.4) is 0 Å². The van der Waals surface area contributed by atoms with Gasteiger partial charge in [0.15, 0.2) is 11.6 Å². The van der Waals surface area contributed by atoms with Crippen molar-refractivity contribution < 1.29 is 23.5 Å². The molecule has 1 unspecified atom stereocenters. The van der Waals surface area contributed by atoms with Gasteiger partial charge >= 0.3 is 0 Å². The number of fused-ring (bicyclic) bond motifs is 1. The molecule has 5 rings (SSSR count). The molecule has 0 aliphatic carbocycles. The summed E-state index contributed by atoms with van der Waals surface area (Å²) < 4.78 is 28.9. The number of thiophene rings is 1. The number of carbonyl (C=O) groups excluding carboxylic acids is 2. The largest absolute Gasteiger partial charge is 0.497 e. The second-order valence-electron chi connectivity index (χ2n) is 8.57. The molecule has 1 atom stereocenters. The Hall–Kier alpha value is -4.77. The highest BCUT2D eigenvalue weighted by atomic mass is 32.1. The molecular weight excluding hydrogens is 521 g/mol. The van der Waals surface area contributed by atoms with Crippen molar-refractivity contribution >= 4 is 39.1 Å². The summed E-state index contributed by atoms with van der Waals surface area (Å²) in [6.45, 7) is 2.84. The molecule has 2 amide bonds. The van der Waals surface area contributed by atoms with Gasteiger partial charge in [-0.15, -0.1) is 11.3 Å². The summed E-state index contributed by atoms with van der Waals surface area (Å²) in [5.41, 5.74) is 7.56. The van der Waals surface area contributed by atoms with Gasteiger partial charge in [0.25, 0.3) is 0 Å². The van der Waals surface area contributed by atoms with Crippen LogP contribution in [0, 0.1) is 5.82 Å². The maximum atomic E-state index is 15.2. The van der Waals surface area contributed by atoms with Gasteiger partial charge < -0.3 is 25.1 Å². The fraction of sp³-hybridized carbons (Fsp3) is 0.143. The highest BCUT2D eigenvalue weighted by Gasteiger charge is 2.28. The van der Waals surface area contributed by atoms with Crippen LogP contribution < -0.4 is 20.5 Å². The normalized spacial score (nSPS) is 11.8. The van der Waals surface area contributed by atoms with Gasteiger partial charge in [-0.3, -0.25) is 14.6 Å². The zero-order valence-corrected chi connectivity index (χ0v) is 21.9. The topological polar surface area (TPSA) is 121 Å². The van der Waals surface area contributed by atoms with Crippen LogP contribution in [0.25, 0.3) is 20.8 Å². The minimum atomic E-state index is -1.41. The van der Waals surface area contributed by atoms with Crippen molar-refractivity contribution in [2.24, 2.45) is 5.73 Å². The summed E-state index contributed by atoms with van der Waals surface area (Å²) in [6, 6.07) is 14.0. The number of halogens is 1. The van der Waals surface area contributed by atoms with E-state index in [9.17, 15) is 9.59 Å². The van der Waals surface area contributed by atoms with Crippen molar-refractivity contribution in [2.45, 2.75) is 19.4 Å². The van der Waals surface area contributed by atoms with Gasteiger partial charge in [0, 0.05) is 30.7 Å². The molecule has 39 heavy (non-hydrogen) atoms. The first-order chi connectivity index (χ1) is 18.9. The highest BCUT2D eigenvalue weighted by molar-refractivity contribution is 7.22. The summed E-state index contributed by atoms with van der Waals surface area (Å²) >= 11 is 1.44. The average Bonchev–Trinajstić information content (AvgIpc) is 3.58. The van der Waals surface area contributed by atoms with Crippen LogP contribution in [0.4, 0.5) is 10.1 Å². The number of amides is 2. The zero-order chi connectivity index (χ0) is 27.5. The average molecular weight is 546 g/mol. The van der Waals surface area contributed by atoms with Crippen LogP contribution in [0.5, 0.6) is 17.2 Å². The molecule has 5 aromatic rings. The van der Waals surface area contributed by atoms with E-state index in [1.807, 2.05) is 23.8 Å². The number of benzene rings is 2. The van der Waals surface area contributed by atoms with Gasteiger partial charge in [-0.1, -0.05) is 6.07 Å². The second-order valence-corrected chi connectivity index (χ2v) is 9.62. The van der Waals surface area contributed by atoms with E-state index in [-0.39, 0.29) is 11.3 Å². The van der Waals surface area contributed by atoms with E-state index in [4.69, 9.17) is 15.2 Å². The molecular formula is C28H24FN5O4S. The number of nitrogens with zero attached hydrogens (tertiary/aromatic N) is 3. The van der Waals surface area contributed by atoms with E-state index in [1.165, 1.54) is 30.6 Å². The van der Waals surface area contributed by atoms with Gasteiger partial charge in [0.2, 0.25) is 11.8 Å². The Morgan fingerprint density at radius 1 is 1.10 bits per heavy atom. The van der Waals surface area contributed by atoms with Crippen molar-refractivity contribution in [2.75, 3.05) is 12.4 Å². The number of aryl methyl sites for hydroxylation is 1. The Bertz CT molecular complexity index is 1660. The highest BCUT2D eigenvalue weighted by Crippen LogP contribution is 2.39. The van der Waals surface area contributed by atoms with Crippen molar-refractivity contribution in [1.82, 2.24) is 14.5 Å². The number of aromatic nitrogens is 3. The SMILES string of the molecule is CCn1cnc(-c2cc3nccc(Oc4ccc(C(C(N)=O)C(=O)Nc5ccc(OC)cc5)cc4F)c3s2)c1. The summed E-state index contributed by atoms with van der Waals surface area (Å²) in [6.07, 6.45) is 5.29. The number of hydrogen-bond acceptors (Lipinski definition) is 7. The lowest BCUT2D eigenvalue weighted by Gasteiger charge is -2.16. The predicted molar refractivity (Wildman–Crippen MR) is 147 cm³/mol. The lowest BCUT2D eigenvalue weighted by Crippen LogP contribution is -2.32. The summed E-state index contributed by atoms with van der Waals surface area (Å²) in [5.74, 6) is -2.81. The maximum absolute atomic E-state index is 15.2. The van der Waals surface area contributed by atoms with Crippen LogP contribution in [-0.4, -0.2) is 33.5 Å². The minimum Gasteiger partial charge on any atom is -0.497 e. The third-order valence-corrected chi connectivity index (χ3v) is 7.20. The zero-order valence-electron chi connectivity index (χ0n) is 21.1. The number of methoxy groups -OCH3 is 1. The monoisotopic (exact) mass is 545 g/mol. The van der Waals surface area contributed by atoms with Crippen molar-refractivity contribution in [1.29, 1.82) is 0 Å². The maximum Gasteiger partial charge on any atom is 0.241 e. The van der Waals surface area contributed by atoms with E-state index in [0.29, 0.717) is 22.7 Å². The van der Waals surface area contributed by atoms with E-state index >= 15 is 4.39 Å². The van der Waals surface area contributed by atoms with Gasteiger partial charge in [-0.05, 0) is 55.0 Å². The molecule has 3 N–H and O–H groups in total. The molecule has 0 radical (unpaired) electrons. The number of nitrogens with two attached hydrogens (primary N) is 1. The predicted octanol–water partition coefficient (Wildman–Crippen LogP) is 5.33. The lowest BCUT2D eigenvalue weighted by molar-refractivity contribution is -0.127. The molecule has 0 aliphatic rings. The summed E-state index contributed by atoms with van der Waals surface area (Å²) in [5, 5.41) is 2.63. The Kier molecular flexibility index (Phi) is 7.24. The number of nitrogens with one attached hydrogen (secondary N) is 1. The summed E-state index contributed by atoms with van der Waals surface area (Å²) in [4.78, 5) is 34.8. The van der Waals surface area contributed by atoms with E-state index in [2.05, 4.69) is 15.3 Å². The fourth-order valence-electron chi connectivity index (χ4n) is 4.01. The smallest absolute Gasteiger partial charge is 0.241 e. The van der Waals surface area contributed by atoms with Crippen LogP contribution in [0.15, 0.2) is 73.3 Å². The molecule has 0 bridgehead atoms. The van der Waals surface area contributed by atoms with Crippen molar-refractivity contribution in [3.63, 3.8) is 0 Å².